The molecule has 0 bridgehead atoms. The third-order valence-corrected chi connectivity index (χ3v) is 8.56. The fourth-order valence-corrected chi connectivity index (χ4v) is 6.54. The van der Waals surface area contributed by atoms with Crippen molar-refractivity contribution in [2.75, 3.05) is 11.4 Å². The molecule has 38 heavy (non-hydrogen) atoms. The van der Waals surface area contributed by atoms with E-state index < -0.39 is 56.7 Å². The maximum absolute atomic E-state index is 15.0. The first kappa shape index (κ1) is 25.6. The molecule has 2 aromatic rings. The summed E-state index contributed by atoms with van der Waals surface area (Å²) in [6, 6.07) is 6.41. The normalized spacial score (nSPS) is 27.0. The molecule has 1 unspecified atom stereocenters. The summed E-state index contributed by atoms with van der Waals surface area (Å²) in [4.78, 5) is 29.4. The van der Waals surface area contributed by atoms with E-state index in [1.165, 1.54) is 37.8 Å². The maximum atomic E-state index is 15.0. The van der Waals surface area contributed by atoms with Crippen LogP contribution in [0.25, 0.3) is 0 Å². The Morgan fingerprint density at radius 3 is 2.26 bits per heavy atom. The summed E-state index contributed by atoms with van der Waals surface area (Å²) in [7, 11) is 0. The van der Waals surface area contributed by atoms with Crippen LogP contribution in [0.5, 0.6) is 0 Å². The number of hydrogen-bond acceptors (Lipinski definition) is 4. The lowest BCUT2D eigenvalue weighted by molar-refractivity contribution is -0.142. The van der Waals surface area contributed by atoms with Crippen LogP contribution in [0.4, 0.5) is 23.2 Å². The molecule has 4 aliphatic rings. The summed E-state index contributed by atoms with van der Waals surface area (Å²) in [6.07, 6.45) is 1.10. The van der Waals surface area contributed by atoms with Gasteiger partial charge in [-0.3, -0.25) is 14.5 Å². The highest BCUT2D eigenvalue weighted by Crippen LogP contribution is 2.53. The molecule has 3 aliphatic carbocycles. The highest BCUT2D eigenvalue weighted by molar-refractivity contribution is 6.32. The Kier molecular flexibility index (Phi) is 5.83. The number of halogens is 5. The van der Waals surface area contributed by atoms with Gasteiger partial charge in [-0.05, 0) is 68.7 Å². The molecular weight excluding hydrogens is 526 g/mol. The van der Waals surface area contributed by atoms with Gasteiger partial charge >= 0.3 is 6.18 Å². The number of aliphatic hydroxyl groups is 1. The van der Waals surface area contributed by atoms with Crippen molar-refractivity contribution < 1.29 is 32.3 Å². The van der Waals surface area contributed by atoms with E-state index in [0.717, 1.165) is 29.9 Å². The Labute approximate surface area is 221 Å². The predicted molar refractivity (Wildman–Crippen MR) is 131 cm³/mol. The Morgan fingerprint density at radius 1 is 1.11 bits per heavy atom. The quantitative estimate of drug-likeness (QED) is 0.493. The molecule has 3 N–H and O–H groups in total. The monoisotopic (exact) mass is 551 g/mol. The number of amides is 2. The van der Waals surface area contributed by atoms with Crippen molar-refractivity contribution in [2.24, 2.45) is 11.7 Å². The Hall–Kier alpha value is -2.69. The number of hydrogen-bond donors (Lipinski definition) is 2. The van der Waals surface area contributed by atoms with E-state index in [0.29, 0.717) is 24.2 Å². The SMILES string of the molecule is NC(=O)c1cc2c(c(C(F)(F)F)c1)C(O)(c1c(F)cccc1Cl)C(=O)N2CC1CC(N(C2CC2)C2CC2)C1. The molecule has 6 nitrogen and oxygen atoms in total. The van der Waals surface area contributed by atoms with E-state index in [1.54, 1.807) is 0 Å². The molecule has 2 aromatic carbocycles. The topological polar surface area (TPSA) is 86.9 Å². The van der Waals surface area contributed by atoms with Crippen molar-refractivity contribution in [3.8, 4) is 0 Å². The molecule has 0 aromatic heterocycles. The van der Waals surface area contributed by atoms with Crippen LogP contribution in [-0.4, -0.2) is 46.5 Å². The van der Waals surface area contributed by atoms with E-state index >= 15 is 4.39 Å². The van der Waals surface area contributed by atoms with Crippen molar-refractivity contribution in [1.29, 1.82) is 0 Å². The molecule has 6 rings (SSSR count). The second-order valence-corrected chi connectivity index (χ2v) is 11.3. The number of carbonyl (C=O) groups is 2. The minimum absolute atomic E-state index is 0.0133. The number of fused-ring (bicyclic) bond motifs is 1. The van der Waals surface area contributed by atoms with Crippen molar-refractivity contribution in [1.82, 2.24) is 4.90 Å². The highest BCUT2D eigenvalue weighted by Gasteiger charge is 2.58. The lowest BCUT2D eigenvalue weighted by Crippen LogP contribution is -2.51. The lowest BCUT2D eigenvalue weighted by Gasteiger charge is -2.45. The molecule has 11 heteroatoms. The summed E-state index contributed by atoms with van der Waals surface area (Å²) in [5, 5.41) is 11.4. The number of nitrogens with zero attached hydrogens (tertiary/aromatic N) is 2. The standard InChI is InChI=1S/C27H26ClF4N3O3/c28-19-2-1-3-20(29)23(19)26(38)22-18(27(30,31)32)10-14(24(33)36)11-21(22)34(25(26)37)12-13-8-17(9-13)35(15-4-5-15)16-6-7-16/h1-3,10-11,13,15-17,38H,4-9,12H2,(H2,33,36). The van der Waals surface area contributed by atoms with Crippen LogP contribution >= 0.6 is 11.6 Å². The van der Waals surface area contributed by atoms with Gasteiger partial charge in [0.05, 0.1) is 21.8 Å². The van der Waals surface area contributed by atoms with Gasteiger partial charge in [-0.1, -0.05) is 17.7 Å². The molecular formula is C27H26ClF4N3O3. The molecule has 3 fully saturated rings. The number of alkyl halides is 3. The number of carbonyl (C=O) groups excluding carboxylic acids is 2. The van der Waals surface area contributed by atoms with Crippen LogP contribution in [0.3, 0.4) is 0 Å². The van der Waals surface area contributed by atoms with Crippen molar-refractivity contribution in [3.63, 3.8) is 0 Å². The Balaban J connectivity index is 1.42. The van der Waals surface area contributed by atoms with Gasteiger partial charge in [-0.15, -0.1) is 0 Å². The van der Waals surface area contributed by atoms with E-state index in [4.69, 9.17) is 17.3 Å². The zero-order valence-electron chi connectivity index (χ0n) is 20.3. The largest absolute Gasteiger partial charge is 0.416 e. The zero-order chi connectivity index (χ0) is 27.1. The first-order chi connectivity index (χ1) is 17.9. The number of nitrogens with two attached hydrogens (primary N) is 1. The van der Waals surface area contributed by atoms with E-state index in [-0.39, 0.29) is 18.2 Å². The number of rotatable bonds is 7. The summed E-state index contributed by atoms with van der Waals surface area (Å²) in [5.74, 6) is -3.43. The van der Waals surface area contributed by atoms with Crippen molar-refractivity contribution in [3.05, 3.63) is 63.4 Å². The van der Waals surface area contributed by atoms with Crippen LogP contribution in [0.2, 0.25) is 5.02 Å². The molecule has 3 saturated carbocycles. The molecule has 0 radical (unpaired) electrons. The van der Waals surface area contributed by atoms with Gasteiger partial charge in [-0.2, -0.15) is 13.2 Å². The maximum Gasteiger partial charge on any atom is 0.416 e. The summed E-state index contributed by atoms with van der Waals surface area (Å²) in [5.41, 5.74) is -1.55. The highest BCUT2D eigenvalue weighted by atomic mass is 35.5. The first-order valence-corrected chi connectivity index (χ1v) is 13.1. The second-order valence-electron chi connectivity index (χ2n) is 10.9. The van der Waals surface area contributed by atoms with Gasteiger partial charge in [0.2, 0.25) is 11.5 Å². The van der Waals surface area contributed by atoms with Crippen LogP contribution in [0, 0.1) is 11.7 Å². The van der Waals surface area contributed by atoms with Crippen LogP contribution in [-0.2, 0) is 16.6 Å². The Bertz CT molecular complexity index is 1310. The minimum atomic E-state index is -5.09. The number of primary amides is 1. The Morgan fingerprint density at radius 2 is 1.74 bits per heavy atom. The van der Waals surface area contributed by atoms with Crippen molar-refractivity contribution >= 4 is 29.1 Å². The van der Waals surface area contributed by atoms with Crippen LogP contribution < -0.4 is 10.6 Å². The van der Waals surface area contributed by atoms with Crippen molar-refractivity contribution in [2.45, 2.75) is 68.4 Å². The first-order valence-electron chi connectivity index (χ1n) is 12.7. The number of anilines is 1. The smallest absolute Gasteiger partial charge is 0.372 e. The van der Waals surface area contributed by atoms with Gasteiger partial charge in [0.1, 0.15) is 5.82 Å². The number of benzene rings is 2. The van der Waals surface area contributed by atoms with Gasteiger partial charge < -0.3 is 15.7 Å². The fourth-order valence-electron chi connectivity index (χ4n) is 6.25. The summed E-state index contributed by atoms with van der Waals surface area (Å²) >= 11 is 6.16. The van der Waals surface area contributed by atoms with E-state index in [1.807, 2.05) is 0 Å². The molecule has 1 atom stereocenters. The minimum Gasteiger partial charge on any atom is -0.372 e. The lowest BCUT2D eigenvalue weighted by atomic mass is 9.78. The zero-order valence-corrected chi connectivity index (χ0v) is 21.0. The van der Waals surface area contributed by atoms with Crippen LogP contribution in [0.1, 0.15) is 65.6 Å². The summed E-state index contributed by atoms with van der Waals surface area (Å²) in [6.45, 7) is 0.0133. The van der Waals surface area contributed by atoms with Gasteiger partial charge in [0.25, 0.3) is 5.91 Å². The molecule has 202 valence electrons. The summed E-state index contributed by atoms with van der Waals surface area (Å²) < 4.78 is 58.0. The molecule has 1 heterocycles. The molecule has 0 saturated heterocycles. The predicted octanol–water partition coefficient (Wildman–Crippen LogP) is 4.58. The van der Waals surface area contributed by atoms with Crippen LogP contribution in [0.15, 0.2) is 30.3 Å². The average Bonchev–Trinajstić information content (AvgIpc) is 3.73. The third kappa shape index (κ3) is 3.99. The average molecular weight is 552 g/mol. The molecule has 1 aliphatic heterocycles. The fraction of sp³-hybridized carbons (Fsp3) is 0.481. The second kappa shape index (κ2) is 8.66. The molecule has 0 spiro atoms. The van der Waals surface area contributed by atoms with Gasteiger partial charge in [0, 0.05) is 35.8 Å². The molecule has 2 amide bonds. The van der Waals surface area contributed by atoms with E-state index in [9.17, 15) is 27.9 Å². The van der Waals surface area contributed by atoms with E-state index in [2.05, 4.69) is 4.90 Å². The third-order valence-electron chi connectivity index (χ3n) is 8.25. The van der Waals surface area contributed by atoms with Gasteiger partial charge in [-0.25, -0.2) is 4.39 Å². The van der Waals surface area contributed by atoms with Gasteiger partial charge in [0.15, 0.2) is 0 Å².